The van der Waals surface area contributed by atoms with Crippen LogP contribution in [-0.4, -0.2) is 67.3 Å². The predicted octanol–water partition coefficient (Wildman–Crippen LogP) is 4.23. The van der Waals surface area contributed by atoms with E-state index in [9.17, 15) is 24.0 Å². The van der Waals surface area contributed by atoms with Gasteiger partial charge >= 0.3 is 13.7 Å². The monoisotopic (exact) mass is 645 g/mol. The van der Waals surface area contributed by atoms with E-state index in [4.69, 9.17) is 24.3 Å². The second-order valence-corrected chi connectivity index (χ2v) is 12.9. The number of aliphatic hydroxyl groups excluding tert-OH is 1. The quantitative estimate of drug-likeness (QED) is 0.0980. The fraction of sp³-hybridized carbons (Fsp3) is 0.433. The number of fused-ring (bicyclic) bond motifs is 2. The van der Waals surface area contributed by atoms with Gasteiger partial charge in [0.25, 0.3) is 0 Å². The smallest absolute Gasteiger partial charge is 0.459 e. The number of benzene rings is 2. The van der Waals surface area contributed by atoms with Gasteiger partial charge in [0.1, 0.15) is 41.7 Å². The van der Waals surface area contributed by atoms with E-state index in [1.165, 1.54) is 25.3 Å². The Bertz CT molecular complexity index is 1730. The molecule has 45 heavy (non-hydrogen) atoms. The Hall–Kier alpha value is -3.65. The third-order valence-electron chi connectivity index (χ3n) is 7.72. The van der Waals surface area contributed by atoms with E-state index in [1.807, 2.05) is 25.1 Å². The molecule has 0 spiro atoms. The summed E-state index contributed by atoms with van der Waals surface area (Å²) in [6.45, 7) is 6.38. The van der Waals surface area contributed by atoms with Gasteiger partial charge in [-0.1, -0.05) is 49.7 Å². The number of unbranched alkanes of at least 4 members (excludes halogenated alkanes) is 1. The van der Waals surface area contributed by atoms with Gasteiger partial charge in [-0.2, -0.15) is 5.09 Å². The molecular weight excluding hydrogens is 608 g/mol. The Balaban J connectivity index is 1.44. The second kappa shape index (κ2) is 13.0. The molecule has 0 amide bonds. The van der Waals surface area contributed by atoms with Crippen molar-refractivity contribution in [1.82, 2.24) is 19.6 Å². The minimum atomic E-state index is -4.43. The normalized spacial score (nSPS) is 24.4. The number of aliphatic hydroxyl groups is 2. The highest BCUT2D eigenvalue weighted by Gasteiger charge is 2.56. The number of hydrogen-bond donors (Lipinski definition) is 4. The molecule has 242 valence electrons. The third kappa shape index (κ3) is 6.53. The van der Waals surface area contributed by atoms with Gasteiger partial charge < -0.3 is 29.9 Å². The molecule has 3 heterocycles. The summed E-state index contributed by atoms with van der Waals surface area (Å²) >= 11 is 0. The van der Waals surface area contributed by atoms with Gasteiger partial charge in [-0.3, -0.25) is 13.9 Å². The first-order valence-corrected chi connectivity index (χ1v) is 16.1. The van der Waals surface area contributed by atoms with Crippen molar-refractivity contribution in [3.63, 3.8) is 0 Å². The molecule has 1 saturated heterocycles. The highest BCUT2D eigenvalue weighted by Crippen LogP contribution is 2.50. The molecule has 0 aliphatic carbocycles. The number of nitrogens with one attached hydrogen (secondary N) is 1. The van der Waals surface area contributed by atoms with Crippen molar-refractivity contribution >= 4 is 41.3 Å². The topological polar surface area (TPSA) is 180 Å². The fourth-order valence-electron chi connectivity index (χ4n) is 5.29. The molecule has 15 heteroatoms. The van der Waals surface area contributed by atoms with Crippen molar-refractivity contribution in [3.05, 3.63) is 60.8 Å². The average Bonchev–Trinajstić information content (AvgIpc) is 3.45. The minimum absolute atomic E-state index is 0.0359. The zero-order valence-electron chi connectivity index (χ0n) is 25.3. The Morgan fingerprint density at radius 1 is 1.24 bits per heavy atom. The molecule has 0 radical (unpaired) electrons. The first-order chi connectivity index (χ1) is 21.4. The summed E-state index contributed by atoms with van der Waals surface area (Å²) in [4.78, 5) is 20.6. The number of anilines is 1. The Labute approximate surface area is 259 Å². The molecule has 0 saturated carbocycles. The van der Waals surface area contributed by atoms with E-state index in [0.717, 1.165) is 24.3 Å². The molecule has 0 bridgehead atoms. The molecule has 5 rings (SSSR count). The second-order valence-electron chi connectivity index (χ2n) is 11.2. The summed E-state index contributed by atoms with van der Waals surface area (Å²) in [6.07, 6.45) is -1.83. The zero-order valence-corrected chi connectivity index (χ0v) is 26.2. The van der Waals surface area contributed by atoms with Crippen LogP contribution >= 0.6 is 7.75 Å². The number of aromatic nitrogens is 3. The molecule has 13 nitrogen and oxygen atoms in total. The standard InChI is InChI=1S/C30H37FN5O8P/c1-5-6-14-41-28(38)17(2)35-45(40,44-22-13-9-11-19-10-7-8-12-20(19)22)43-18(3)24-25(37)30(4,39)29(42-24)36-15-21(31)23-26(32)33-16-34-27(23)36/h7-13,15-18,24-25,29,37,39H,5-6,14H2,1-4H3,(H,35,40)(H2,32,33,34)/t17-,18+,24+,25+,29+,30+,45?/m0/s1. The van der Waals surface area contributed by atoms with Gasteiger partial charge in [-0.05, 0) is 38.6 Å². The number of nitrogens with two attached hydrogens (primary N) is 1. The van der Waals surface area contributed by atoms with E-state index in [1.54, 1.807) is 24.3 Å². The molecule has 5 N–H and O–H groups in total. The largest absolute Gasteiger partial charge is 0.465 e. The van der Waals surface area contributed by atoms with Crippen molar-refractivity contribution in [1.29, 1.82) is 0 Å². The van der Waals surface area contributed by atoms with Crippen LogP contribution in [0.5, 0.6) is 5.75 Å². The van der Waals surface area contributed by atoms with Gasteiger partial charge in [0, 0.05) is 11.6 Å². The maximum Gasteiger partial charge on any atom is 0.459 e. The van der Waals surface area contributed by atoms with Crippen molar-refractivity contribution < 1.29 is 42.5 Å². The van der Waals surface area contributed by atoms with Crippen LogP contribution in [0.3, 0.4) is 0 Å². The summed E-state index contributed by atoms with van der Waals surface area (Å²) in [5.74, 6) is -1.30. The van der Waals surface area contributed by atoms with E-state index < -0.39 is 55.7 Å². The highest BCUT2D eigenvalue weighted by atomic mass is 31.2. The van der Waals surface area contributed by atoms with Gasteiger partial charge in [-0.25, -0.2) is 18.9 Å². The molecule has 4 aromatic rings. The number of esters is 1. The van der Waals surface area contributed by atoms with E-state index >= 15 is 0 Å². The first kappa shape index (κ1) is 32.7. The number of hydrogen-bond acceptors (Lipinski definition) is 11. The zero-order chi connectivity index (χ0) is 32.5. The third-order valence-corrected chi connectivity index (χ3v) is 9.48. The summed E-state index contributed by atoms with van der Waals surface area (Å²) < 4.78 is 53.8. The maximum atomic E-state index is 14.8. The van der Waals surface area contributed by atoms with E-state index in [0.29, 0.717) is 11.8 Å². The Kier molecular flexibility index (Phi) is 9.45. The van der Waals surface area contributed by atoms with E-state index in [-0.39, 0.29) is 29.2 Å². The first-order valence-electron chi connectivity index (χ1n) is 14.6. The van der Waals surface area contributed by atoms with Crippen molar-refractivity contribution in [2.24, 2.45) is 0 Å². The summed E-state index contributed by atoms with van der Waals surface area (Å²) in [7, 11) is -4.43. The van der Waals surface area contributed by atoms with Crippen LogP contribution in [0.1, 0.15) is 46.8 Å². The molecule has 2 aromatic carbocycles. The number of carbonyl (C=O) groups excluding carboxylic acids is 1. The Morgan fingerprint density at radius 3 is 2.73 bits per heavy atom. The predicted molar refractivity (Wildman–Crippen MR) is 164 cm³/mol. The summed E-state index contributed by atoms with van der Waals surface area (Å²) in [5.41, 5.74) is 3.88. The highest BCUT2D eigenvalue weighted by molar-refractivity contribution is 7.52. The number of ether oxygens (including phenoxy) is 2. The molecule has 7 atom stereocenters. The summed E-state index contributed by atoms with van der Waals surface area (Å²) in [5, 5.41) is 26.6. The van der Waals surface area contributed by atoms with Gasteiger partial charge in [-0.15, -0.1) is 0 Å². The van der Waals surface area contributed by atoms with Crippen molar-refractivity contribution in [2.45, 2.75) is 76.7 Å². The minimum Gasteiger partial charge on any atom is -0.465 e. The maximum absolute atomic E-state index is 14.8. The Morgan fingerprint density at radius 2 is 1.98 bits per heavy atom. The average molecular weight is 646 g/mol. The molecular formula is C30H37FN5O8P. The van der Waals surface area contributed by atoms with Gasteiger partial charge in [0.15, 0.2) is 17.7 Å². The lowest BCUT2D eigenvalue weighted by molar-refractivity contribution is -0.145. The number of nitrogens with zero attached hydrogens (tertiary/aromatic N) is 3. The van der Waals surface area contributed by atoms with Crippen LogP contribution in [0.4, 0.5) is 10.2 Å². The lowest BCUT2D eigenvalue weighted by atomic mass is 9.94. The van der Waals surface area contributed by atoms with Crippen molar-refractivity contribution in [3.8, 4) is 5.75 Å². The lowest BCUT2D eigenvalue weighted by Gasteiger charge is -2.30. The number of nitrogen functional groups attached to an aromatic ring is 1. The van der Waals surface area contributed by atoms with Crippen molar-refractivity contribution in [2.75, 3.05) is 12.3 Å². The van der Waals surface area contributed by atoms with Crippen LogP contribution in [0.2, 0.25) is 0 Å². The molecule has 1 unspecified atom stereocenters. The SMILES string of the molecule is CCCCOC(=O)[C@H](C)NP(=O)(Oc1cccc2ccccc12)O[C@H](C)[C@H]1O[C@@H](n2cc(F)c3c(N)ncnc32)[C@](C)(O)[C@@H]1O. The number of carbonyl (C=O) groups is 1. The number of rotatable bonds is 12. The number of halogens is 1. The van der Waals surface area contributed by atoms with Crippen LogP contribution in [0.25, 0.3) is 21.8 Å². The van der Waals surface area contributed by atoms with Gasteiger partial charge in [0.2, 0.25) is 0 Å². The fourth-order valence-corrected chi connectivity index (χ4v) is 7.00. The lowest BCUT2D eigenvalue weighted by Crippen LogP contribution is -2.46. The van der Waals surface area contributed by atoms with Crippen LogP contribution in [-0.2, 0) is 23.4 Å². The van der Waals surface area contributed by atoms with E-state index in [2.05, 4.69) is 15.1 Å². The molecule has 2 aromatic heterocycles. The van der Waals surface area contributed by atoms with Gasteiger partial charge in [0.05, 0.1) is 18.1 Å². The summed E-state index contributed by atoms with van der Waals surface area (Å²) in [6, 6.07) is 11.3. The molecule has 1 aliphatic rings. The van der Waals surface area contributed by atoms with Crippen LogP contribution in [0.15, 0.2) is 55.0 Å². The molecule has 1 fully saturated rings. The molecule has 1 aliphatic heterocycles. The van der Waals surface area contributed by atoms with Crippen LogP contribution in [0, 0.1) is 5.82 Å². The van der Waals surface area contributed by atoms with Crippen LogP contribution < -0.4 is 15.3 Å².